The van der Waals surface area contributed by atoms with Crippen molar-refractivity contribution in [3.8, 4) is 11.5 Å². The second-order valence-corrected chi connectivity index (χ2v) is 10.7. The number of fused-ring (bicyclic) bond motifs is 3. The van der Waals surface area contributed by atoms with E-state index in [0.29, 0.717) is 37.7 Å². The second kappa shape index (κ2) is 10.7. The summed E-state index contributed by atoms with van der Waals surface area (Å²) < 4.78 is 18.6. The summed E-state index contributed by atoms with van der Waals surface area (Å²) in [6, 6.07) is 23.0. The van der Waals surface area contributed by atoms with Crippen molar-refractivity contribution in [3.63, 3.8) is 0 Å². The highest BCUT2D eigenvalue weighted by molar-refractivity contribution is 7.07. The SMILES string of the molecule is CCOC(=O)C1=C(C)N=c2s/c(=C\c3c4ccccc4cc4ccccc34)c(=O)n2[C@@H]1c1ccc(OC)cc1OC. The number of allylic oxidation sites excluding steroid dienone is 1. The Hall–Kier alpha value is -4.69. The quantitative estimate of drug-likeness (QED) is 0.211. The molecule has 0 N–H and O–H groups in total. The van der Waals surface area contributed by atoms with Gasteiger partial charge in [0.15, 0.2) is 4.80 Å². The number of ether oxygens (including phenoxy) is 3. The molecular formula is C33H28N2O5S. The average Bonchev–Trinajstić information content (AvgIpc) is 3.29. The fraction of sp³-hybridized carbons (Fsp3) is 0.182. The number of aromatic nitrogens is 1. The van der Waals surface area contributed by atoms with Crippen LogP contribution in [-0.2, 0) is 9.53 Å². The van der Waals surface area contributed by atoms with E-state index in [2.05, 4.69) is 30.3 Å². The van der Waals surface area contributed by atoms with Crippen molar-refractivity contribution in [2.75, 3.05) is 20.8 Å². The minimum Gasteiger partial charge on any atom is -0.497 e. The van der Waals surface area contributed by atoms with Crippen LogP contribution in [0.4, 0.5) is 0 Å². The molecule has 0 aliphatic carbocycles. The predicted molar refractivity (Wildman–Crippen MR) is 161 cm³/mol. The highest BCUT2D eigenvalue weighted by atomic mass is 32.1. The molecule has 7 nitrogen and oxygen atoms in total. The average molecular weight is 565 g/mol. The molecule has 1 aromatic heterocycles. The first-order valence-electron chi connectivity index (χ1n) is 13.3. The third-order valence-electron chi connectivity index (χ3n) is 7.34. The molecule has 0 radical (unpaired) electrons. The number of esters is 1. The van der Waals surface area contributed by atoms with Crippen LogP contribution in [0.1, 0.15) is 31.0 Å². The van der Waals surface area contributed by atoms with E-state index in [0.717, 1.165) is 27.1 Å². The Morgan fingerprint density at radius 2 is 1.66 bits per heavy atom. The Kier molecular flexibility index (Phi) is 6.93. The van der Waals surface area contributed by atoms with Crippen LogP contribution in [0.5, 0.6) is 11.5 Å². The molecule has 0 saturated heterocycles. The molecule has 2 heterocycles. The largest absolute Gasteiger partial charge is 0.497 e. The van der Waals surface area contributed by atoms with Gasteiger partial charge in [-0.15, -0.1) is 0 Å². The molecule has 1 atom stereocenters. The summed E-state index contributed by atoms with van der Waals surface area (Å²) in [4.78, 5) is 32.8. The van der Waals surface area contributed by atoms with E-state index in [-0.39, 0.29) is 12.2 Å². The molecule has 1 aliphatic rings. The third kappa shape index (κ3) is 4.50. The summed E-state index contributed by atoms with van der Waals surface area (Å²) in [7, 11) is 3.12. The lowest BCUT2D eigenvalue weighted by atomic mass is 9.95. The van der Waals surface area contributed by atoms with Gasteiger partial charge in [-0.3, -0.25) is 9.36 Å². The lowest BCUT2D eigenvalue weighted by molar-refractivity contribution is -0.139. The number of hydrogen-bond acceptors (Lipinski definition) is 7. The van der Waals surface area contributed by atoms with Crippen molar-refractivity contribution in [2.45, 2.75) is 19.9 Å². The molecule has 206 valence electrons. The van der Waals surface area contributed by atoms with Gasteiger partial charge in [0.2, 0.25) is 0 Å². The summed E-state index contributed by atoms with van der Waals surface area (Å²) in [6.07, 6.45) is 1.94. The third-order valence-corrected chi connectivity index (χ3v) is 8.32. The first-order chi connectivity index (χ1) is 19.9. The van der Waals surface area contributed by atoms with Gasteiger partial charge in [0, 0.05) is 11.6 Å². The van der Waals surface area contributed by atoms with Crippen LogP contribution in [0.25, 0.3) is 27.6 Å². The molecular weight excluding hydrogens is 536 g/mol. The summed E-state index contributed by atoms with van der Waals surface area (Å²) in [5.41, 5.74) is 2.14. The van der Waals surface area contributed by atoms with Crippen molar-refractivity contribution in [2.24, 2.45) is 4.99 Å². The maximum Gasteiger partial charge on any atom is 0.338 e. The van der Waals surface area contributed by atoms with E-state index < -0.39 is 12.0 Å². The molecule has 0 spiro atoms. The molecule has 0 amide bonds. The van der Waals surface area contributed by atoms with E-state index in [1.54, 1.807) is 44.8 Å². The van der Waals surface area contributed by atoms with Crippen molar-refractivity contribution < 1.29 is 19.0 Å². The lowest BCUT2D eigenvalue weighted by Crippen LogP contribution is -2.40. The Bertz CT molecular complexity index is 2000. The molecule has 4 aromatic carbocycles. The summed E-state index contributed by atoms with van der Waals surface area (Å²) in [5.74, 6) is 0.561. The maximum atomic E-state index is 14.3. The molecule has 8 heteroatoms. The highest BCUT2D eigenvalue weighted by Gasteiger charge is 2.35. The van der Waals surface area contributed by atoms with Gasteiger partial charge in [0.1, 0.15) is 17.5 Å². The molecule has 0 saturated carbocycles. The number of nitrogens with zero attached hydrogens (tertiary/aromatic N) is 2. The normalized spacial score (nSPS) is 15.1. The van der Waals surface area contributed by atoms with Crippen LogP contribution in [0, 0.1) is 0 Å². The number of carbonyl (C=O) groups excluding carboxylic acids is 1. The fourth-order valence-corrected chi connectivity index (χ4v) is 6.49. The summed E-state index contributed by atoms with van der Waals surface area (Å²) >= 11 is 1.30. The summed E-state index contributed by atoms with van der Waals surface area (Å²) in [5, 5.41) is 4.28. The van der Waals surface area contributed by atoms with E-state index in [9.17, 15) is 9.59 Å². The number of thiazole rings is 1. The Labute approximate surface area is 240 Å². The van der Waals surface area contributed by atoms with Gasteiger partial charge >= 0.3 is 5.97 Å². The Balaban J connectivity index is 1.65. The van der Waals surface area contributed by atoms with Crippen LogP contribution in [-0.4, -0.2) is 31.4 Å². The van der Waals surface area contributed by atoms with Crippen molar-refractivity contribution >= 4 is 44.9 Å². The molecule has 0 unspecified atom stereocenters. The zero-order chi connectivity index (χ0) is 28.7. The maximum absolute atomic E-state index is 14.3. The molecule has 1 aliphatic heterocycles. The molecule has 41 heavy (non-hydrogen) atoms. The highest BCUT2D eigenvalue weighted by Crippen LogP contribution is 2.37. The smallest absolute Gasteiger partial charge is 0.338 e. The van der Waals surface area contributed by atoms with Gasteiger partial charge in [-0.05, 0) is 65.2 Å². The zero-order valence-electron chi connectivity index (χ0n) is 23.1. The monoisotopic (exact) mass is 564 g/mol. The number of hydrogen-bond donors (Lipinski definition) is 0. The van der Waals surface area contributed by atoms with Crippen LogP contribution >= 0.6 is 11.3 Å². The van der Waals surface area contributed by atoms with Gasteiger partial charge < -0.3 is 14.2 Å². The van der Waals surface area contributed by atoms with Crippen LogP contribution in [0.2, 0.25) is 0 Å². The molecule has 6 rings (SSSR count). The number of methoxy groups -OCH3 is 2. The van der Waals surface area contributed by atoms with Crippen LogP contribution in [0.15, 0.2) is 93.9 Å². The zero-order valence-corrected chi connectivity index (χ0v) is 24.0. The van der Waals surface area contributed by atoms with E-state index in [1.807, 2.05) is 36.4 Å². The Morgan fingerprint density at radius 1 is 0.976 bits per heavy atom. The first-order valence-corrected chi connectivity index (χ1v) is 14.1. The number of benzene rings is 4. The van der Waals surface area contributed by atoms with Crippen molar-refractivity contribution in [1.82, 2.24) is 4.57 Å². The van der Waals surface area contributed by atoms with E-state index in [4.69, 9.17) is 19.2 Å². The van der Waals surface area contributed by atoms with Gasteiger partial charge in [-0.25, -0.2) is 9.79 Å². The molecule has 0 bridgehead atoms. The molecule has 0 fully saturated rings. The second-order valence-electron chi connectivity index (χ2n) is 9.64. The van der Waals surface area contributed by atoms with Crippen LogP contribution in [0.3, 0.4) is 0 Å². The standard InChI is InChI=1S/C33H28N2O5S/c1-5-40-32(37)29-19(2)34-33-35(30(29)25-15-14-22(38-3)17-27(25)39-4)31(36)28(41-33)18-26-23-12-8-6-10-20(23)16-21-11-7-9-13-24(21)26/h6-18,30H,5H2,1-4H3/b28-18-/t30-/m1/s1. The van der Waals surface area contributed by atoms with Crippen LogP contribution < -0.4 is 24.4 Å². The number of carbonyl (C=O) groups is 1. The Morgan fingerprint density at radius 3 is 2.29 bits per heavy atom. The summed E-state index contributed by atoms with van der Waals surface area (Å²) in [6.45, 7) is 3.71. The number of rotatable bonds is 6. The minimum atomic E-state index is -0.794. The van der Waals surface area contributed by atoms with E-state index >= 15 is 0 Å². The van der Waals surface area contributed by atoms with Gasteiger partial charge in [0.25, 0.3) is 5.56 Å². The first kappa shape index (κ1) is 26.5. The van der Waals surface area contributed by atoms with Gasteiger partial charge in [0.05, 0.1) is 36.6 Å². The molecule has 5 aromatic rings. The van der Waals surface area contributed by atoms with E-state index in [1.165, 1.54) is 11.3 Å². The topological polar surface area (TPSA) is 79.1 Å². The van der Waals surface area contributed by atoms with Crippen molar-refractivity contribution in [3.05, 3.63) is 115 Å². The lowest BCUT2D eigenvalue weighted by Gasteiger charge is -2.26. The minimum absolute atomic E-state index is 0.195. The van der Waals surface area contributed by atoms with Gasteiger partial charge in [-0.1, -0.05) is 59.9 Å². The predicted octanol–water partition coefficient (Wildman–Crippen LogP) is 5.12. The fourth-order valence-electron chi connectivity index (χ4n) is 5.47. The van der Waals surface area contributed by atoms with Crippen molar-refractivity contribution in [1.29, 1.82) is 0 Å². The van der Waals surface area contributed by atoms with Gasteiger partial charge in [-0.2, -0.15) is 0 Å².